The quantitative estimate of drug-likeness (QED) is 0.429. The Balaban J connectivity index is 1.68. The van der Waals surface area contributed by atoms with Gasteiger partial charge in [-0.1, -0.05) is 13.0 Å². The van der Waals surface area contributed by atoms with Crippen LogP contribution >= 0.6 is 0 Å². The Morgan fingerprint density at radius 2 is 2.03 bits per heavy atom. The summed E-state index contributed by atoms with van der Waals surface area (Å²) >= 11 is 0. The second-order valence-electron chi connectivity index (χ2n) is 9.03. The van der Waals surface area contributed by atoms with Crippen molar-refractivity contribution in [3.63, 3.8) is 0 Å². The summed E-state index contributed by atoms with van der Waals surface area (Å²) in [5.41, 5.74) is 6.42. The summed E-state index contributed by atoms with van der Waals surface area (Å²) in [4.78, 5) is 16.5. The third-order valence-electron chi connectivity index (χ3n) is 6.61. The molecule has 1 fully saturated rings. The van der Waals surface area contributed by atoms with Crippen LogP contribution in [0.1, 0.15) is 72.4 Å². The van der Waals surface area contributed by atoms with Gasteiger partial charge < -0.3 is 20.5 Å². The lowest BCUT2D eigenvalue weighted by Crippen LogP contribution is -2.29. The smallest absolute Gasteiger partial charge is 0.335 e. The van der Waals surface area contributed by atoms with Crippen molar-refractivity contribution in [2.75, 3.05) is 18.5 Å². The average molecular weight is 466 g/mol. The van der Waals surface area contributed by atoms with Crippen LogP contribution in [-0.4, -0.2) is 45.1 Å². The fraction of sp³-hybridized carbons (Fsp3) is 0.500. The van der Waals surface area contributed by atoms with Crippen molar-refractivity contribution < 1.29 is 14.6 Å². The Labute approximate surface area is 200 Å². The van der Waals surface area contributed by atoms with Crippen LogP contribution in [-0.2, 0) is 24.2 Å². The fourth-order valence-electron chi connectivity index (χ4n) is 4.66. The molecule has 3 aromatic rings. The van der Waals surface area contributed by atoms with E-state index in [0.717, 1.165) is 78.1 Å². The number of benzene rings is 1. The molecule has 0 saturated carbocycles. The predicted molar refractivity (Wildman–Crippen MR) is 133 cm³/mol. The third kappa shape index (κ3) is 5.08. The van der Waals surface area contributed by atoms with Gasteiger partial charge in [0.15, 0.2) is 5.65 Å². The molecule has 1 aromatic carbocycles. The lowest BCUT2D eigenvalue weighted by molar-refractivity contribution is 0.0696. The van der Waals surface area contributed by atoms with Crippen molar-refractivity contribution in [2.45, 2.75) is 72.1 Å². The third-order valence-corrected chi connectivity index (χ3v) is 6.61. The second kappa shape index (κ2) is 10.5. The average Bonchev–Trinajstić information content (AvgIpc) is 3.26. The van der Waals surface area contributed by atoms with Gasteiger partial charge in [-0.05, 0) is 63.3 Å². The molecular weight excluding hydrogens is 430 g/mol. The Morgan fingerprint density at radius 3 is 2.71 bits per heavy atom. The summed E-state index contributed by atoms with van der Waals surface area (Å²) in [6.45, 7) is 11.1. The van der Waals surface area contributed by atoms with Crippen molar-refractivity contribution in [3.8, 4) is 0 Å². The van der Waals surface area contributed by atoms with E-state index in [1.165, 1.54) is 0 Å². The zero-order chi connectivity index (χ0) is 24.2. The number of carbonyl (C=O) groups is 1. The van der Waals surface area contributed by atoms with Gasteiger partial charge in [-0.2, -0.15) is 5.10 Å². The van der Waals surface area contributed by atoms with E-state index < -0.39 is 5.97 Å². The van der Waals surface area contributed by atoms with Crippen LogP contribution in [0.3, 0.4) is 0 Å². The van der Waals surface area contributed by atoms with Crippen LogP contribution in [0.2, 0.25) is 0 Å². The number of carboxylic acids is 1. The van der Waals surface area contributed by atoms with Crippen LogP contribution < -0.4 is 10.6 Å². The van der Waals surface area contributed by atoms with Gasteiger partial charge in [0.2, 0.25) is 0 Å². The Bertz CT molecular complexity index is 1170. The molecule has 8 nitrogen and oxygen atoms in total. The highest BCUT2D eigenvalue weighted by molar-refractivity contribution is 5.91. The van der Waals surface area contributed by atoms with Crippen LogP contribution in [0.25, 0.3) is 11.0 Å². The Hall–Kier alpha value is -2.97. The molecule has 2 aromatic heterocycles. The van der Waals surface area contributed by atoms with Crippen molar-refractivity contribution >= 4 is 22.7 Å². The van der Waals surface area contributed by atoms with Gasteiger partial charge in [0, 0.05) is 49.6 Å². The molecule has 1 aliphatic heterocycles. The number of aromatic nitrogens is 3. The van der Waals surface area contributed by atoms with Crippen LogP contribution in [0.15, 0.2) is 24.4 Å². The number of hydrogen-bond donors (Lipinski definition) is 3. The first kappa shape index (κ1) is 24.2. The summed E-state index contributed by atoms with van der Waals surface area (Å²) in [7, 11) is 0. The molecule has 182 valence electrons. The highest BCUT2D eigenvalue weighted by Gasteiger charge is 2.22. The molecule has 0 amide bonds. The molecular formula is C26H35N5O3. The summed E-state index contributed by atoms with van der Waals surface area (Å²) in [6.07, 6.45) is 4.67. The molecule has 0 bridgehead atoms. The minimum atomic E-state index is -0.907. The summed E-state index contributed by atoms with van der Waals surface area (Å²) in [6, 6.07) is 5.82. The molecule has 3 heterocycles. The monoisotopic (exact) mass is 465 g/mol. The number of fused-ring (bicyclic) bond motifs is 1. The Kier molecular flexibility index (Phi) is 7.48. The predicted octanol–water partition coefficient (Wildman–Crippen LogP) is 4.46. The number of aromatic carboxylic acids is 1. The van der Waals surface area contributed by atoms with Gasteiger partial charge in [0.05, 0.1) is 22.8 Å². The fourth-order valence-corrected chi connectivity index (χ4v) is 4.66. The van der Waals surface area contributed by atoms with E-state index in [2.05, 4.69) is 36.5 Å². The highest BCUT2D eigenvalue weighted by atomic mass is 16.5. The molecule has 1 saturated heterocycles. The maximum absolute atomic E-state index is 11.5. The summed E-state index contributed by atoms with van der Waals surface area (Å²) in [5, 5.41) is 22.5. The minimum absolute atomic E-state index is 0.0206. The van der Waals surface area contributed by atoms with Crippen LogP contribution in [0, 0.1) is 6.92 Å². The van der Waals surface area contributed by atoms with E-state index in [1.807, 2.05) is 23.9 Å². The van der Waals surface area contributed by atoms with Gasteiger partial charge in [-0.25, -0.2) is 14.5 Å². The zero-order valence-corrected chi connectivity index (χ0v) is 20.5. The first-order chi connectivity index (χ1) is 16.4. The number of pyridine rings is 1. The molecule has 1 aliphatic rings. The second-order valence-corrected chi connectivity index (χ2v) is 9.03. The van der Waals surface area contributed by atoms with E-state index in [1.54, 1.807) is 12.1 Å². The molecule has 34 heavy (non-hydrogen) atoms. The number of carboxylic acid groups (broad SMARTS) is 1. The van der Waals surface area contributed by atoms with Crippen molar-refractivity contribution in [3.05, 3.63) is 52.3 Å². The maximum atomic E-state index is 11.5. The topological polar surface area (TPSA) is 101 Å². The SMILES string of the molecule is CCc1nc2c(cnn2CC)c(NC2CCOCC2)c1CNC(C)c1cc(C)cc(C(=O)O)c1. The lowest BCUT2D eigenvalue weighted by atomic mass is 10.0. The highest BCUT2D eigenvalue weighted by Crippen LogP contribution is 2.32. The molecule has 0 aliphatic carbocycles. The Morgan fingerprint density at radius 1 is 1.26 bits per heavy atom. The van der Waals surface area contributed by atoms with E-state index in [0.29, 0.717) is 18.2 Å². The van der Waals surface area contributed by atoms with Gasteiger partial charge in [0.25, 0.3) is 0 Å². The normalized spacial score (nSPS) is 15.5. The first-order valence-electron chi connectivity index (χ1n) is 12.2. The number of ether oxygens (including phenoxy) is 1. The van der Waals surface area contributed by atoms with Gasteiger partial charge in [0.1, 0.15) is 0 Å². The molecule has 0 spiro atoms. The molecule has 1 atom stereocenters. The minimum Gasteiger partial charge on any atom is -0.478 e. The van der Waals surface area contributed by atoms with E-state index in [9.17, 15) is 9.90 Å². The largest absolute Gasteiger partial charge is 0.478 e. The number of rotatable bonds is 9. The zero-order valence-electron chi connectivity index (χ0n) is 20.5. The number of anilines is 1. The standard InChI is InChI=1S/C26H35N5O3/c1-5-23-21(14-27-17(4)18-11-16(3)12-19(13-18)26(32)33)24(29-20-7-9-34-10-8-20)22-15-28-31(6-2)25(22)30-23/h11-13,15,17,20,27H,5-10,14H2,1-4H3,(H,29,30)(H,32,33). The molecule has 3 N–H and O–H groups in total. The number of nitrogens with one attached hydrogen (secondary N) is 2. The van der Waals surface area contributed by atoms with Crippen LogP contribution in [0.5, 0.6) is 0 Å². The summed E-state index contributed by atoms with van der Waals surface area (Å²) < 4.78 is 7.51. The van der Waals surface area contributed by atoms with Crippen molar-refractivity contribution in [2.24, 2.45) is 0 Å². The van der Waals surface area contributed by atoms with E-state index in [-0.39, 0.29) is 6.04 Å². The van der Waals surface area contributed by atoms with E-state index >= 15 is 0 Å². The first-order valence-corrected chi connectivity index (χ1v) is 12.2. The number of nitrogens with zero attached hydrogens (tertiary/aromatic N) is 3. The van der Waals surface area contributed by atoms with Crippen molar-refractivity contribution in [1.82, 2.24) is 20.1 Å². The van der Waals surface area contributed by atoms with Crippen LogP contribution in [0.4, 0.5) is 5.69 Å². The maximum Gasteiger partial charge on any atom is 0.335 e. The molecule has 4 rings (SSSR count). The molecule has 1 unspecified atom stereocenters. The summed E-state index contributed by atoms with van der Waals surface area (Å²) in [5.74, 6) is -0.907. The van der Waals surface area contributed by atoms with E-state index in [4.69, 9.17) is 9.72 Å². The molecule has 0 radical (unpaired) electrons. The van der Waals surface area contributed by atoms with Gasteiger partial charge in [-0.3, -0.25) is 0 Å². The number of hydrogen-bond acceptors (Lipinski definition) is 6. The van der Waals surface area contributed by atoms with Gasteiger partial charge >= 0.3 is 5.97 Å². The van der Waals surface area contributed by atoms with Gasteiger partial charge in [-0.15, -0.1) is 0 Å². The van der Waals surface area contributed by atoms with Crippen molar-refractivity contribution in [1.29, 1.82) is 0 Å². The molecule has 8 heteroatoms. The number of aryl methyl sites for hydroxylation is 3. The lowest BCUT2D eigenvalue weighted by Gasteiger charge is -2.27.